The van der Waals surface area contributed by atoms with Gasteiger partial charge in [-0.05, 0) is 23.8 Å². The van der Waals surface area contributed by atoms with Crippen LogP contribution in [0.5, 0.6) is 0 Å². The van der Waals surface area contributed by atoms with Crippen LogP contribution in [0.2, 0.25) is 0 Å². The highest BCUT2D eigenvalue weighted by Gasteiger charge is 2.11. The third-order valence-corrected chi connectivity index (χ3v) is 4.09. The number of H-pyrrole nitrogens is 1. The molecule has 0 aliphatic heterocycles. The molecule has 0 saturated heterocycles. The van der Waals surface area contributed by atoms with Crippen LogP contribution in [-0.2, 0) is 0 Å². The average molecular weight is 340 g/mol. The summed E-state index contributed by atoms with van der Waals surface area (Å²) in [6.07, 6.45) is 4.81. The van der Waals surface area contributed by atoms with Gasteiger partial charge in [-0.2, -0.15) is 5.10 Å². The largest absolute Gasteiger partial charge is 0.354 e. The number of nitrogens with one attached hydrogen (secondary N) is 2. The summed E-state index contributed by atoms with van der Waals surface area (Å²) in [6, 6.07) is 21.5. The molecule has 5 nitrogen and oxygen atoms in total. The maximum atomic E-state index is 12.1. The third kappa shape index (κ3) is 3.10. The Morgan fingerprint density at radius 1 is 1.00 bits per heavy atom. The highest BCUT2D eigenvalue weighted by molar-refractivity contribution is 6.06. The Labute approximate surface area is 150 Å². The van der Waals surface area contributed by atoms with Crippen molar-refractivity contribution in [3.8, 4) is 11.3 Å². The van der Waals surface area contributed by atoms with E-state index < -0.39 is 0 Å². The van der Waals surface area contributed by atoms with E-state index in [-0.39, 0.29) is 5.91 Å². The molecule has 26 heavy (non-hydrogen) atoms. The normalized spacial score (nSPS) is 11.1. The molecular weight excluding hydrogens is 324 g/mol. The first-order valence-electron chi connectivity index (χ1n) is 8.22. The topological polar surface area (TPSA) is 70.1 Å². The first-order valence-corrected chi connectivity index (χ1v) is 8.22. The van der Waals surface area contributed by atoms with Gasteiger partial charge in [0.1, 0.15) is 0 Å². The Morgan fingerprint density at radius 3 is 2.62 bits per heavy atom. The smallest absolute Gasteiger partial charge is 0.272 e. The highest BCUT2D eigenvalue weighted by atomic mass is 16.2. The number of carbonyl (C=O) groups excluding carboxylic acids is 1. The van der Waals surface area contributed by atoms with Crippen molar-refractivity contribution < 1.29 is 4.79 Å². The number of fused-ring (bicyclic) bond motifs is 1. The zero-order valence-electron chi connectivity index (χ0n) is 13.9. The maximum absolute atomic E-state index is 12.1. The molecule has 2 heterocycles. The Hall–Kier alpha value is -3.73. The number of para-hydroxylation sites is 1. The molecule has 0 aliphatic carbocycles. The van der Waals surface area contributed by atoms with Gasteiger partial charge in [-0.25, -0.2) is 5.43 Å². The summed E-state index contributed by atoms with van der Waals surface area (Å²) in [6.45, 7) is 0. The first kappa shape index (κ1) is 15.8. The number of hydrogen-bond acceptors (Lipinski definition) is 3. The van der Waals surface area contributed by atoms with Crippen LogP contribution >= 0.6 is 0 Å². The van der Waals surface area contributed by atoms with Gasteiger partial charge < -0.3 is 4.98 Å². The van der Waals surface area contributed by atoms with E-state index in [4.69, 9.17) is 0 Å². The Kier molecular flexibility index (Phi) is 4.26. The van der Waals surface area contributed by atoms with Crippen LogP contribution in [0, 0.1) is 0 Å². The van der Waals surface area contributed by atoms with Crippen molar-refractivity contribution in [1.82, 2.24) is 15.4 Å². The number of pyridine rings is 1. The van der Waals surface area contributed by atoms with Crippen molar-refractivity contribution in [3.05, 3.63) is 90.3 Å². The van der Waals surface area contributed by atoms with Crippen LogP contribution in [0.15, 0.2) is 84.2 Å². The lowest BCUT2D eigenvalue weighted by Gasteiger charge is -2.01. The van der Waals surface area contributed by atoms with Crippen LogP contribution < -0.4 is 5.43 Å². The van der Waals surface area contributed by atoms with Gasteiger partial charge in [0.15, 0.2) is 0 Å². The van der Waals surface area contributed by atoms with Gasteiger partial charge in [0.05, 0.1) is 17.5 Å². The highest BCUT2D eigenvalue weighted by Crippen LogP contribution is 2.28. The fourth-order valence-corrected chi connectivity index (χ4v) is 2.85. The number of benzene rings is 2. The Balaban J connectivity index is 1.68. The lowest BCUT2D eigenvalue weighted by atomic mass is 10.1. The Morgan fingerprint density at radius 2 is 1.81 bits per heavy atom. The molecule has 0 atom stereocenters. The molecule has 2 aromatic carbocycles. The SMILES string of the molecule is O=C(N/N=C/c1c(-c2ccccc2)[nH]c2ccccc12)c1cccnc1. The van der Waals surface area contributed by atoms with E-state index in [9.17, 15) is 4.79 Å². The minimum atomic E-state index is -0.296. The summed E-state index contributed by atoms with van der Waals surface area (Å²) in [5.74, 6) is -0.296. The van der Waals surface area contributed by atoms with E-state index in [1.165, 1.54) is 6.20 Å². The maximum Gasteiger partial charge on any atom is 0.272 e. The van der Waals surface area contributed by atoms with E-state index in [0.29, 0.717) is 5.56 Å². The van der Waals surface area contributed by atoms with Crippen molar-refractivity contribution in [2.75, 3.05) is 0 Å². The number of hydrogen-bond donors (Lipinski definition) is 2. The molecule has 2 N–H and O–H groups in total. The fourth-order valence-electron chi connectivity index (χ4n) is 2.85. The average Bonchev–Trinajstić information content (AvgIpc) is 3.08. The van der Waals surface area contributed by atoms with Crippen molar-refractivity contribution in [3.63, 3.8) is 0 Å². The van der Waals surface area contributed by atoms with Crippen molar-refractivity contribution in [1.29, 1.82) is 0 Å². The number of hydrazone groups is 1. The van der Waals surface area contributed by atoms with Gasteiger partial charge in [0, 0.05) is 28.9 Å². The van der Waals surface area contributed by atoms with Gasteiger partial charge in [-0.1, -0.05) is 48.5 Å². The van der Waals surface area contributed by atoms with Crippen LogP contribution in [0.1, 0.15) is 15.9 Å². The monoisotopic (exact) mass is 340 g/mol. The van der Waals surface area contributed by atoms with Crippen LogP contribution in [0.4, 0.5) is 0 Å². The number of nitrogens with zero attached hydrogens (tertiary/aromatic N) is 2. The molecule has 4 rings (SSSR count). The summed E-state index contributed by atoms with van der Waals surface area (Å²) < 4.78 is 0. The van der Waals surface area contributed by atoms with Gasteiger partial charge in [-0.15, -0.1) is 0 Å². The number of aromatic amines is 1. The van der Waals surface area contributed by atoms with Crippen molar-refractivity contribution >= 4 is 23.0 Å². The molecule has 0 unspecified atom stereocenters. The first-order chi connectivity index (χ1) is 12.8. The second-order valence-electron chi connectivity index (χ2n) is 5.77. The molecule has 0 saturated carbocycles. The quantitative estimate of drug-likeness (QED) is 0.435. The van der Waals surface area contributed by atoms with E-state index in [2.05, 4.69) is 20.5 Å². The zero-order valence-corrected chi connectivity index (χ0v) is 13.9. The molecule has 1 amide bonds. The minimum Gasteiger partial charge on any atom is -0.354 e. The predicted octanol–water partition coefficient (Wildman–Crippen LogP) is 3.99. The summed E-state index contributed by atoms with van der Waals surface area (Å²) in [5.41, 5.74) is 6.99. The third-order valence-electron chi connectivity index (χ3n) is 4.09. The van der Waals surface area contributed by atoms with E-state index in [0.717, 1.165) is 27.7 Å². The molecule has 4 aromatic rings. The number of rotatable bonds is 4. The van der Waals surface area contributed by atoms with Gasteiger partial charge in [-0.3, -0.25) is 9.78 Å². The summed E-state index contributed by atoms with van der Waals surface area (Å²) >= 11 is 0. The standard InChI is InChI=1S/C21H16N4O/c26-21(16-9-6-12-22-13-16)25-23-14-18-17-10-4-5-11-19(17)24-20(18)15-7-2-1-3-8-15/h1-14,24H,(H,25,26)/b23-14+. The fraction of sp³-hybridized carbons (Fsp3) is 0. The Bertz CT molecular complexity index is 1070. The van der Waals surface area contributed by atoms with Gasteiger partial charge >= 0.3 is 0 Å². The molecule has 0 radical (unpaired) electrons. The van der Waals surface area contributed by atoms with E-state index in [1.54, 1.807) is 24.5 Å². The predicted molar refractivity (Wildman–Crippen MR) is 103 cm³/mol. The van der Waals surface area contributed by atoms with Crippen LogP contribution in [0.3, 0.4) is 0 Å². The number of aromatic nitrogens is 2. The van der Waals surface area contributed by atoms with E-state index in [1.807, 2.05) is 54.6 Å². The molecule has 0 fully saturated rings. The zero-order chi connectivity index (χ0) is 17.8. The minimum absolute atomic E-state index is 0.296. The molecule has 0 aliphatic rings. The van der Waals surface area contributed by atoms with Gasteiger partial charge in [0.25, 0.3) is 5.91 Å². The van der Waals surface area contributed by atoms with Crippen molar-refractivity contribution in [2.45, 2.75) is 0 Å². The second-order valence-corrected chi connectivity index (χ2v) is 5.77. The molecular formula is C21H16N4O. The lowest BCUT2D eigenvalue weighted by Crippen LogP contribution is -2.17. The van der Waals surface area contributed by atoms with Crippen LogP contribution in [0.25, 0.3) is 22.2 Å². The van der Waals surface area contributed by atoms with Gasteiger partial charge in [0.2, 0.25) is 0 Å². The molecule has 0 spiro atoms. The summed E-state index contributed by atoms with van der Waals surface area (Å²) in [5, 5.41) is 5.20. The number of carbonyl (C=O) groups is 1. The molecule has 5 heteroatoms. The van der Waals surface area contributed by atoms with Crippen LogP contribution in [-0.4, -0.2) is 22.1 Å². The van der Waals surface area contributed by atoms with Crippen molar-refractivity contribution in [2.24, 2.45) is 5.10 Å². The number of amides is 1. The van der Waals surface area contributed by atoms with E-state index >= 15 is 0 Å². The molecule has 2 aromatic heterocycles. The molecule has 0 bridgehead atoms. The summed E-state index contributed by atoms with van der Waals surface area (Å²) in [4.78, 5) is 19.5. The second kappa shape index (κ2) is 7.03. The summed E-state index contributed by atoms with van der Waals surface area (Å²) in [7, 11) is 0. The molecule has 126 valence electrons. The lowest BCUT2D eigenvalue weighted by molar-refractivity contribution is 0.0955.